The summed E-state index contributed by atoms with van der Waals surface area (Å²) >= 11 is 0. The first kappa shape index (κ1) is 12.3. The summed E-state index contributed by atoms with van der Waals surface area (Å²) in [5.41, 5.74) is 1.27. The van der Waals surface area contributed by atoms with Crippen molar-refractivity contribution in [2.75, 3.05) is 6.61 Å². The first-order chi connectivity index (χ1) is 7.27. The summed E-state index contributed by atoms with van der Waals surface area (Å²) in [7, 11) is 0. The lowest BCUT2D eigenvalue weighted by atomic mass is 9.88. The molecule has 1 heteroatoms. The van der Waals surface area contributed by atoms with Gasteiger partial charge in [-0.05, 0) is 17.9 Å². The van der Waals surface area contributed by atoms with Crippen LogP contribution in [0, 0.1) is 5.92 Å². The summed E-state index contributed by atoms with van der Waals surface area (Å²) in [6.45, 7) is 4.75. The lowest BCUT2D eigenvalue weighted by Crippen LogP contribution is -2.09. The van der Waals surface area contributed by atoms with Gasteiger partial charge in [-0.3, -0.25) is 0 Å². The number of rotatable bonds is 6. The zero-order chi connectivity index (χ0) is 11.1. The number of hydrogen-bond donors (Lipinski definition) is 1. The van der Waals surface area contributed by atoms with Crippen LogP contribution in [0.4, 0.5) is 0 Å². The van der Waals surface area contributed by atoms with Crippen molar-refractivity contribution in [3.8, 4) is 0 Å². The van der Waals surface area contributed by atoms with Crippen LogP contribution in [0.25, 0.3) is 0 Å². The van der Waals surface area contributed by atoms with E-state index < -0.39 is 0 Å². The van der Waals surface area contributed by atoms with Crippen molar-refractivity contribution in [2.45, 2.75) is 39.0 Å². The Kier molecular flexibility index (Phi) is 5.41. The molecule has 2 unspecified atom stereocenters. The van der Waals surface area contributed by atoms with Gasteiger partial charge in [0, 0.05) is 12.5 Å². The molecule has 1 N–H and O–H groups in total. The van der Waals surface area contributed by atoms with Crippen LogP contribution in [-0.2, 0) is 0 Å². The van der Waals surface area contributed by atoms with Crippen molar-refractivity contribution in [1.29, 1.82) is 0 Å². The van der Waals surface area contributed by atoms with Crippen molar-refractivity contribution < 1.29 is 5.11 Å². The Balaban J connectivity index is 2.56. The average molecular weight is 206 g/mol. The maximum atomic E-state index is 9.40. The molecule has 84 valence electrons. The molecule has 0 aliphatic rings. The van der Waals surface area contributed by atoms with Crippen LogP contribution in [-0.4, -0.2) is 11.7 Å². The average Bonchev–Trinajstić information content (AvgIpc) is 2.27. The molecule has 1 aromatic carbocycles. The zero-order valence-electron chi connectivity index (χ0n) is 9.82. The topological polar surface area (TPSA) is 20.2 Å². The first-order valence-electron chi connectivity index (χ1n) is 5.93. The molecule has 0 radical (unpaired) electrons. The fourth-order valence-corrected chi connectivity index (χ4v) is 2.14. The predicted octanol–water partition coefficient (Wildman–Crippen LogP) is 3.59. The molecular formula is C14H22O. The monoisotopic (exact) mass is 206 g/mol. The number of aliphatic hydroxyl groups excluding tert-OH is 1. The molecule has 0 aliphatic heterocycles. The minimum absolute atomic E-state index is 0.262. The smallest absolute Gasteiger partial charge is 0.0499 e. The zero-order valence-corrected chi connectivity index (χ0v) is 9.82. The molecular weight excluding hydrogens is 184 g/mol. The van der Waals surface area contributed by atoms with Crippen LogP contribution < -0.4 is 0 Å². The Morgan fingerprint density at radius 2 is 1.87 bits per heavy atom. The maximum absolute atomic E-state index is 9.40. The molecule has 0 spiro atoms. The van der Waals surface area contributed by atoms with Crippen molar-refractivity contribution in [2.24, 2.45) is 5.92 Å². The van der Waals surface area contributed by atoms with E-state index in [2.05, 4.69) is 26.0 Å². The predicted molar refractivity (Wildman–Crippen MR) is 65.0 cm³/mol. The molecule has 0 saturated heterocycles. The molecule has 15 heavy (non-hydrogen) atoms. The van der Waals surface area contributed by atoms with E-state index in [1.807, 2.05) is 18.2 Å². The molecule has 2 atom stereocenters. The quantitative estimate of drug-likeness (QED) is 0.754. The number of benzene rings is 1. The fraction of sp³-hybridized carbons (Fsp3) is 0.571. The normalized spacial score (nSPS) is 14.9. The van der Waals surface area contributed by atoms with Gasteiger partial charge >= 0.3 is 0 Å². The van der Waals surface area contributed by atoms with Crippen LogP contribution in [0.2, 0.25) is 0 Å². The van der Waals surface area contributed by atoms with Crippen molar-refractivity contribution in [1.82, 2.24) is 0 Å². The van der Waals surface area contributed by atoms with E-state index in [0.717, 1.165) is 6.42 Å². The van der Waals surface area contributed by atoms with Crippen molar-refractivity contribution in [3.63, 3.8) is 0 Å². The third-order valence-electron chi connectivity index (χ3n) is 2.96. The molecule has 0 aliphatic carbocycles. The van der Waals surface area contributed by atoms with Gasteiger partial charge in [-0.25, -0.2) is 0 Å². The Bertz CT molecular complexity index is 255. The van der Waals surface area contributed by atoms with Gasteiger partial charge < -0.3 is 5.11 Å². The van der Waals surface area contributed by atoms with Gasteiger partial charge in [0.1, 0.15) is 0 Å². The highest BCUT2D eigenvalue weighted by Crippen LogP contribution is 2.25. The maximum Gasteiger partial charge on any atom is 0.0499 e. The third-order valence-corrected chi connectivity index (χ3v) is 2.96. The molecule has 0 fully saturated rings. The third kappa shape index (κ3) is 4.05. The molecule has 0 bridgehead atoms. The van der Waals surface area contributed by atoms with Gasteiger partial charge in [0.15, 0.2) is 0 Å². The molecule has 1 nitrogen and oxygen atoms in total. The molecule has 0 amide bonds. The second-order valence-electron chi connectivity index (χ2n) is 4.42. The summed E-state index contributed by atoms with van der Waals surface area (Å²) in [6.07, 6.45) is 3.58. The van der Waals surface area contributed by atoms with Gasteiger partial charge in [-0.2, -0.15) is 0 Å². The SMILES string of the molecule is CCCC(C)CC(CO)c1ccccc1. The van der Waals surface area contributed by atoms with Gasteiger partial charge in [0.2, 0.25) is 0 Å². The Morgan fingerprint density at radius 3 is 2.40 bits per heavy atom. The van der Waals surface area contributed by atoms with Crippen LogP contribution in [0.3, 0.4) is 0 Å². The highest BCUT2D eigenvalue weighted by Gasteiger charge is 2.13. The Morgan fingerprint density at radius 1 is 1.20 bits per heavy atom. The van der Waals surface area contributed by atoms with Crippen LogP contribution in [0.5, 0.6) is 0 Å². The minimum Gasteiger partial charge on any atom is -0.396 e. The molecule has 0 aromatic heterocycles. The van der Waals surface area contributed by atoms with Crippen molar-refractivity contribution in [3.05, 3.63) is 35.9 Å². The van der Waals surface area contributed by atoms with Gasteiger partial charge in [0.05, 0.1) is 0 Å². The van der Waals surface area contributed by atoms with E-state index in [0.29, 0.717) is 11.8 Å². The second-order valence-corrected chi connectivity index (χ2v) is 4.42. The van der Waals surface area contributed by atoms with E-state index in [-0.39, 0.29) is 6.61 Å². The van der Waals surface area contributed by atoms with E-state index in [1.54, 1.807) is 0 Å². The van der Waals surface area contributed by atoms with Crippen molar-refractivity contribution >= 4 is 0 Å². The first-order valence-corrected chi connectivity index (χ1v) is 5.93. The largest absolute Gasteiger partial charge is 0.396 e. The summed E-state index contributed by atoms with van der Waals surface area (Å²) in [6, 6.07) is 10.3. The lowest BCUT2D eigenvalue weighted by molar-refractivity contribution is 0.243. The highest BCUT2D eigenvalue weighted by atomic mass is 16.3. The number of hydrogen-bond acceptors (Lipinski definition) is 1. The lowest BCUT2D eigenvalue weighted by Gasteiger charge is -2.19. The van der Waals surface area contributed by atoms with Gasteiger partial charge in [-0.15, -0.1) is 0 Å². The van der Waals surface area contributed by atoms with E-state index in [9.17, 15) is 5.11 Å². The van der Waals surface area contributed by atoms with E-state index in [4.69, 9.17) is 0 Å². The van der Waals surface area contributed by atoms with Gasteiger partial charge in [0.25, 0.3) is 0 Å². The number of aliphatic hydroxyl groups is 1. The fourth-order valence-electron chi connectivity index (χ4n) is 2.14. The molecule has 0 saturated carbocycles. The van der Waals surface area contributed by atoms with Crippen LogP contribution in [0.1, 0.15) is 44.6 Å². The second kappa shape index (κ2) is 6.62. The summed E-state index contributed by atoms with van der Waals surface area (Å²) < 4.78 is 0. The molecule has 1 rings (SSSR count). The van der Waals surface area contributed by atoms with E-state index >= 15 is 0 Å². The summed E-state index contributed by atoms with van der Waals surface area (Å²) in [5, 5.41) is 9.40. The van der Waals surface area contributed by atoms with Crippen LogP contribution in [0.15, 0.2) is 30.3 Å². The molecule has 0 heterocycles. The van der Waals surface area contributed by atoms with Crippen LogP contribution >= 0.6 is 0 Å². The van der Waals surface area contributed by atoms with Gasteiger partial charge in [-0.1, -0.05) is 57.0 Å². The Hall–Kier alpha value is -0.820. The highest BCUT2D eigenvalue weighted by molar-refractivity contribution is 5.19. The van der Waals surface area contributed by atoms with E-state index in [1.165, 1.54) is 18.4 Å². The molecule has 1 aromatic rings. The minimum atomic E-state index is 0.262. The summed E-state index contributed by atoms with van der Waals surface area (Å²) in [4.78, 5) is 0. The summed E-state index contributed by atoms with van der Waals surface area (Å²) in [5.74, 6) is 1.01. The Labute approximate surface area is 93.1 Å². The standard InChI is InChI=1S/C14H22O/c1-3-7-12(2)10-14(11-15)13-8-5-4-6-9-13/h4-6,8-9,12,14-15H,3,7,10-11H2,1-2H3.